The lowest BCUT2D eigenvalue weighted by atomic mass is 10.1. The lowest BCUT2D eigenvalue weighted by Crippen LogP contribution is -2.03. The van der Waals surface area contributed by atoms with Gasteiger partial charge in [0.15, 0.2) is 0 Å². The molecular weight excluding hydrogens is 767 g/mol. The first-order valence-electron chi connectivity index (χ1n) is 21.6. The van der Waals surface area contributed by atoms with Gasteiger partial charge in [-0.2, -0.15) is 0 Å². The van der Waals surface area contributed by atoms with Crippen LogP contribution >= 0.6 is 0 Å². The predicted octanol–water partition coefficient (Wildman–Crippen LogP) is 14.9. The average molecular weight is 804 g/mol. The summed E-state index contributed by atoms with van der Waals surface area (Å²) in [6.07, 6.45) is 0. The van der Waals surface area contributed by atoms with E-state index in [-0.39, 0.29) is 0 Å². The Morgan fingerprint density at radius 2 is 0.476 bits per heavy atom. The Labute approximate surface area is 361 Å². The maximum absolute atomic E-state index is 2.50. The van der Waals surface area contributed by atoms with Gasteiger partial charge in [0.2, 0.25) is 0 Å². The minimum Gasteiger partial charge on any atom is -0.309 e. The molecule has 9 aromatic carbocycles. The normalized spacial score (nSPS) is 12.1. The number of para-hydroxylation sites is 7. The summed E-state index contributed by atoms with van der Waals surface area (Å²) in [5.41, 5.74) is 15.0. The molecule has 294 valence electrons. The average Bonchev–Trinajstić information content (AvgIpc) is 4.13. The van der Waals surface area contributed by atoms with Crippen LogP contribution < -0.4 is 0 Å². The predicted molar refractivity (Wildman–Crippen MR) is 263 cm³/mol. The van der Waals surface area contributed by atoms with E-state index < -0.39 is 0 Å². The SMILES string of the molecule is c1ccc(-n2c3ccccc3c3ccc(-n4c5ccccc5c5c6ccccc6n(-c6ccc7c8c9ccccc9n(-c9ccccc9)c8n(-c8ccccc8)c7c6)c54)cc32)cc1. The molecular formula is C58H37N5. The second kappa shape index (κ2) is 13.0. The van der Waals surface area contributed by atoms with Crippen molar-refractivity contribution in [3.8, 4) is 28.4 Å². The quantitative estimate of drug-likeness (QED) is 0.166. The Hall–Kier alpha value is -8.54. The summed E-state index contributed by atoms with van der Waals surface area (Å²) < 4.78 is 12.3. The van der Waals surface area contributed by atoms with Crippen molar-refractivity contribution in [3.05, 3.63) is 224 Å². The molecule has 0 saturated heterocycles. The van der Waals surface area contributed by atoms with Gasteiger partial charge in [0.25, 0.3) is 0 Å². The van der Waals surface area contributed by atoms with Crippen molar-refractivity contribution in [1.82, 2.24) is 22.8 Å². The smallest absolute Gasteiger partial charge is 0.131 e. The highest BCUT2D eigenvalue weighted by Gasteiger charge is 2.26. The van der Waals surface area contributed by atoms with E-state index in [4.69, 9.17) is 0 Å². The van der Waals surface area contributed by atoms with Gasteiger partial charge in [-0.1, -0.05) is 140 Å². The molecule has 5 nitrogen and oxygen atoms in total. The highest BCUT2D eigenvalue weighted by atomic mass is 15.2. The molecule has 0 aliphatic carbocycles. The van der Waals surface area contributed by atoms with Crippen LogP contribution in [-0.2, 0) is 0 Å². The number of benzene rings is 9. The zero-order valence-electron chi connectivity index (χ0n) is 34.1. The van der Waals surface area contributed by atoms with Crippen LogP contribution in [0.4, 0.5) is 0 Å². The van der Waals surface area contributed by atoms with Crippen molar-refractivity contribution in [2.24, 2.45) is 0 Å². The molecule has 0 radical (unpaired) electrons. The Bertz CT molecular complexity index is 4120. The third-order valence-corrected chi connectivity index (χ3v) is 13.2. The van der Waals surface area contributed by atoms with Gasteiger partial charge in [-0.25, -0.2) is 0 Å². The van der Waals surface area contributed by atoms with Crippen LogP contribution in [0.1, 0.15) is 0 Å². The van der Waals surface area contributed by atoms with Gasteiger partial charge in [-0.05, 0) is 84.9 Å². The second-order valence-electron chi connectivity index (χ2n) is 16.6. The van der Waals surface area contributed by atoms with Crippen LogP contribution in [0.15, 0.2) is 224 Å². The largest absolute Gasteiger partial charge is 0.309 e. The third kappa shape index (κ3) is 4.71. The first-order valence-corrected chi connectivity index (χ1v) is 21.6. The summed E-state index contributed by atoms with van der Waals surface area (Å²) in [4.78, 5) is 0. The van der Waals surface area contributed by atoms with Crippen LogP contribution in [0.3, 0.4) is 0 Å². The van der Waals surface area contributed by atoms with E-state index in [9.17, 15) is 0 Å². The molecule has 14 rings (SSSR count). The minimum absolute atomic E-state index is 1.10. The summed E-state index contributed by atoms with van der Waals surface area (Å²) in [5, 5.41) is 9.89. The van der Waals surface area contributed by atoms with Crippen LogP contribution in [0.5, 0.6) is 0 Å². The highest BCUT2D eigenvalue weighted by Crippen LogP contribution is 2.45. The van der Waals surface area contributed by atoms with Crippen molar-refractivity contribution in [1.29, 1.82) is 0 Å². The highest BCUT2D eigenvalue weighted by molar-refractivity contribution is 6.24. The number of aromatic nitrogens is 5. The molecule has 5 heterocycles. The standard InChI is InChI=1S/C58H37N5/c1-4-18-38(19-5-1)59-49-28-14-10-24-43(49)44-34-32-41(36-53(44)59)62-51-30-16-12-26-46(51)55-47-27-13-17-31-52(47)63(58(55)62)42-33-35-48-54(37-42)61(40-22-8-3-9-23-40)57-56(48)45-25-11-15-29-50(45)60(57)39-20-6-2-7-21-39/h1-37H. The van der Waals surface area contributed by atoms with E-state index in [2.05, 4.69) is 247 Å². The number of hydrogen-bond acceptors (Lipinski definition) is 0. The molecule has 63 heavy (non-hydrogen) atoms. The number of rotatable bonds is 5. The van der Waals surface area contributed by atoms with Crippen molar-refractivity contribution in [3.63, 3.8) is 0 Å². The van der Waals surface area contributed by atoms with Crippen LogP contribution in [0, 0.1) is 0 Å². The van der Waals surface area contributed by atoms with Crippen molar-refractivity contribution < 1.29 is 0 Å². The summed E-state index contributed by atoms with van der Waals surface area (Å²) in [7, 11) is 0. The third-order valence-electron chi connectivity index (χ3n) is 13.2. The first-order chi connectivity index (χ1) is 31.3. The molecule has 0 spiro atoms. The molecule has 0 saturated carbocycles. The van der Waals surface area contributed by atoms with Gasteiger partial charge >= 0.3 is 0 Å². The molecule has 5 heteroatoms. The zero-order chi connectivity index (χ0) is 41.2. The van der Waals surface area contributed by atoms with E-state index >= 15 is 0 Å². The fourth-order valence-corrected chi connectivity index (χ4v) is 10.7. The number of fused-ring (bicyclic) bond motifs is 13. The molecule has 0 aliphatic rings. The molecule has 0 unspecified atom stereocenters. The summed E-state index contributed by atoms with van der Waals surface area (Å²) in [6, 6.07) is 81.8. The molecule has 0 fully saturated rings. The maximum atomic E-state index is 2.50. The van der Waals surface area contributed by atoms with E-state index in [0.29, 0.717) is 0 Å². The molecule has 14 aromatic rings. The minimum atomic E-state index is 1.10. The van der Waals surface area contributed by atoms with E-state index in [0.717, 1.165) is 45.2 Å². The van der Waals surface area contributed by atoms with Gasteiger partial charge in [-0.3, -0.25) is 18.3 Å². The van der Waals surface area contributed by atoms with Gasteiger partial charge in [0.05, 0.1) is 33.1 Å². The van der Waals surface area contributed by atoms with Crippen LogP contribution in [0.2, 0.25) is 0 Å². The molecule has 0 bridgehead atoms. The topological polar surface area (TPSA) is 24.6 Å². The fraction of sp³-hybridized carbons (Fsp3) is 0. The zero-order valence-corrected chi connectivity index (χ0v) is 34.1. The lowest BCUT2D eigenvalue weighted by molar-refractivity contribution is 1.06. The van der Waals surface area contributed by atoms with Gasteiger partial charge in [0, 0.05) is 71.5 Å². The first kappa shape index (κ1) is 34.2. The van der Waals surface area contributed by atoms with Crippen LogP contribution in [-0.4, -0.2) is 22.8 Å². The number of hydrogen-bond donors (Lipinski definition) is 0. The summed E-state index contributed by atoms with van der Waals surface area (Å²) in [6.45, 7) is 0. The number of nitrogens with zero attached hydrogens (tertiary/aromatic N) is 5. The van der Waals surface area contributed by atoms with Gasteiger partial charge in [-0.15, -0.1) is 0 Å². The van der Waals surface area contributed by atoms with Crippen molar-refractivity contribution in [2.75, 3.05) is 0 Å². The second-order valence-corrected chi connectivity index (χ2v) is 16.6. The van der Waals surface area contributed by atoms with Crippen molar-refractivity contribution >= 4 is 87.5 Å². The van der Waals surface area contributed by atoms with E-state index in [1.807, 2.05) is 0 Å². The Balaban J connectivity index is 1.11. The maximum Gasteiger partial charge on any atom is 0.131 e. The Morgan fingerprint density at radius 1 is 0.190 bits per heavy atom. The Morgan fingerprint density at radius 3 is 0.937 bits per heavy atom. The molecule has 0 atom stereocenters. The van der Waals surface area contributed by atoms with E-state index in [1.165, 1.54) is 70.7 Å². The molecule has 5 aromatic heterocycles. The lowest BCUT2D eigenvalue weighted by Gasteiger charge is -2.15. The molecule has 0 amide bonds. The molecule has 0 aliphatic heterocycles. The monoisotopic (exact) mass is 803 g/mol. The summed E-state index contributed by atoms with van der Waals surface area (Å²) in [5.74, 6) is 0. The summed E-state index contributed by atoms with van der Waals surface area (Å²) >= 11 is 0. The fourth-order valence-electron chi connectivity index (χ4n) is 10.7. The van der Waals surface area contributed by atoms with Crippen LogP contribution in [0.25, 0.3) is 116 Å². The van der Waals surface area contributed by atoms with Gasteiger partial charge in [0.1, 0.15) is 11.3 Å². The van der Waals surface area contributed by atoms with Crippen molar-refractivity contribution in [2.45, 2.75) is 0 Å². The van der Waals surface area contributed by atoms with E-state index in [1.54, 1.807) is 0 Å². The van der Waals surface area contributed by atoms with Gasteiger partial charge < -0.3 is 4.57 Å². The molecule has 0 N–H and O–H groups in total. The Kier molecular flexibility index (Phi) is 7.05.